The number of nitrogens with zero attached hydrogens (tertiary/aromatic N) is 1. The molecule has 0 aliphatic carbocycles. The third-order valence-corrected chi connectivity index (χ3v) is 3.85. The van der Waals surface area contributed by atoms with Crippen LogP contribution in [0.25, 0.3) is 0 Å². The molecule has 0 bridgehead atoms. The molecule has 0 radical (unpaired) electrons. The van der Waals surface area contributed by atoms with E-state index in [0.29, 0.717) is 13.1 Å². The number of nitrogens with one attached hydrogen (secondary N) is 2. The minimum Gasteiger partial charge on any atom is -0.497 e. The van der Waals surface area contributed by atoms with Gasteiger partial charge >= 0.3 is 6.03 Å². The zero-order chi connectivity index (χ0) is 16.8. The molecule has 0 spiro atoms. The van der Waals surface area contributed by atoms with E-state index in [1.807, 2.05) is 26.0 Å². The van der Waals surface area contributed by atoms with Gasteiger partial charge in [-0.1, -0.05) is 0 Å². The Kier molecular flexibility index (Phi) is 5.84. The fourth-order valence-electron chi connectivity index (χ4n) is 2.63. The largest absolute Gasteiger partial charge is 0.497 e. The van der Waals surface area contributed by atoms with Crippen molar-refractivity contribution in [1.82, 2.24) is 10.2 Å². The lowest BCUT2D eigenvalue weighted by atomic mass is 9.97. The zero-order valence-corrected chi connectivity index (χ0v) is 14.0. The van der Waals surface area contributed by atoms with Crippen LogP contribution in [0.5, 0.6) is 5.75 Å². The van der Waals surface area contributed by atoms with E-state index >= 15 is 0 Å². The van der Waals surface area contributed by atoms with E-state index in [1.165, 1.54) is 0 Å². The van der Waals surface area contributed by atoms with Crippen LogP contribution in [-0.4, -0.2) is 43.1 Å². The first-order valence-corrected chi connectivity index (χ1v) is 8.00. The second kappa shape index (κ2) is 7.85. The Balaban J connectivity index is 1.92. The summed E-state index contributed by atoms with van der Waals surface area (Å²) in [5, 5.41) is 5.79. The van der Waals surface area contributed by atoms with Gasteiger partial charge in [0.25, 0.3) is 0 Å². The number of ether oxygens (including phenoxy) is 1. The number of rotatable bonds is 4. The third-order valence-electron chi connectivity index (χ3n) is 3.85. The maximum Gasteiger partial charge on any atom is 0.317 e. The first-order chi connectivity index (χ1) is 11.0. The second-order valence-electron chi connectivity index (χ2n) is 6.11. The molecule has 3 amide bonds. The Morgan fingerprint density at radius 2 is 1.96 bits per heavy atom. The number of likely N-dealkylation sites (tertiary alicyclic amines) is 1. The number of piperidine rings is 1. The average molecular weight is 319 g/mol. The number of carbonyl (C=O) groups is 2. The number of anilines is 1. The third kappa shape index (κ3) is 4.87. The van der Waals surface area contributed by atoms with Crippen molar-refractivity contribution in [3.05, 3.63) is 24.3 Å². The van der Waals surface area contributed by atoms with E-state index in [4.69, 9.17) is 4.74 Å². The van der Waals surface area contributed by atoms with Crippen LogP contribution < -0.4 is 15.4 Å². The summed E-state index contributed by atoms with van der Waals surface area (Å²) in [6.45, 7) is 5.01. The molecule has 1 heterocycles. The smallest absolute Gasteiger partial charge is 0.317 e. The molecule has 0 aromatic heterocycles. The van der Waals surface area contributed by atoms with Crippen LogP contribution in [0.3, 0.4) is 0 Å². The number of urea groups is 1. The van der Waals surface area contributed by atoms with Crippen molar-refractivity contribution in [2.24, 2.45) is 5.92 Å². The second-order valence-corrected chi connectivity index (χ2v) is 6.11. The summed E-state index contributed by atoms with van der Waals surface area (Å²) < 4.78 is 5.10. The van der Waals surface area contributed by atoms with Crippen molar-refractivity contribution in [3.8, 4) is 5.75 Å². The Labute approximate surface area is 137 Å². The van der Waals surface area contributed by atoms with Crippen molar-refractivity contribution in [2.45, 2.75) is 32.7 Å². The number of hydrogen-bond acceptors (Lipinski definition) is 3. The van der Waals surface area contributed by atoms with Crippen molar-refractivity contribution < 1.29 is 14.3 Å². The van der Waals surface area contributed by atoms with Gasteiger partial charge in [0.15, 0.2) is 0 Å². The van der Waals surface area contributed by atoms with Gasteiger partial charge in [0, 0.05) is 24.8 Å². The van der Waals surface area contributed by atoms with Gasteiger partial charge in [-0.05, 0) is 51.0 Å². The Morgan fingerprint density at radius 3 is 2.57 bits per heavy atom. The maximum absolute atomic E-state index is 12.4. The van der Waals surface area contributed by atoms with Crippen molar-refractivity contribution >= 4 is 17.6 Å². The molecule has 1 atom stereocenters. The molecule has 1 aromatic carbocycles. The SMILES string of the molecule is COc1ccc(NC(=O)C2CCCN(C(=O)NC(C)C)C2)cc1. The molecule has 6 heteroatoms. The number of methoxy groups -OCH3 is 1. The highest BCUT2D eigenvalue weighted by atomic mass is 16.5. The van der Waals surface area contributed by atoms with Gasteiger partial charge in [-0.25, -0.2) is 4.79 Å². The summed E-state index contributed by atoms with van der Waals surface area (Å²) in [6.07, 6.45) is 1.64. The highest BCUT2D eigenvalue weighted by molar-refractivity contribution is 5.93. The monoisotopic (exact) mass is 319 g/mol. The predicted molar refractivity (Wildman–Crippen MR) is 89.6 cm³/mol. The number of benzene rings is 1. The highest BCUT2D eigenvalue weighted by Crippen LogP contribution is 2.20. The minimum absolute atomic E-state index is 0.0442. The summed E-state index contributed by atoms with van der Waals surface area (Å²) in [5.74, 6) is 0.526. The predicted octanol–water partition coefficient (Wildman–Crippen LogP) is 2.46. The number of amides is 3. The first-order valence-electron chi connectivity index (χ1n) is 8.00. The molecule has 1 unspecified atom stereocenters. The molecule has 0 saturated carbocycles. The molecule has 1 saturated heterocycles. The molecule has 1 fully saturated rings. The molecule has 126 valence electrons. The summed E-state index contributed by atoms with van der Waals surface area (Å²) in [4.78, 5) is 26.2. The van der Waals surface area contributed by atoms with Gasteiger partial charge in [0.1, 0.15) is 5.75 Å². The van der Waals surface area contributed by atoms with Crippen LogP contribution in [-0.2, 0) is 4.79 Å². The highest BCUT2D eigenvalue weighted by Gasteiger charge is 2.28. The van der Waals surface area contributed by atoms with Crippen LogP contribution in [0, 0.1) is 5.92 Å². The van der Waals surface area contributed by atoms with E-state index in [1.54, 1.807) is 24.1 Å². The van der Waals surface area contributed by atoms with Gasteiger partial charge in [0.2, 0.25) is 5.91 Å². The first kappa shape index (κ1) is 17.1. The average Bonchev–Trinajstić information content (AvgIpc) is 2.55. The molecule has 23 heavy (non-hydrogen) atoms. The number of carbonyl (C=O) groups excluding carboxylic acids is 2. The number of hydrogen-bond donors (Lipinski definition) is 2. The molecular weight excluding hydrogens is 294 g/mol. The van der Waals surface area contributed by atoms with E-state index < -0.39 is 0 Å². The van der Waals surface area contributed by atoms with Gasteiger partial charge in [-0.3, -0.25) is 4.79 Å². The zero-order valence-electron chi connectivity index (χ0n) is 14.0. The summed E-state index contributed by atoms with van der Waals surface area (Å²) >= 11 is 0. The molecule has 2 rings (SSSR count). The molecule has 1 aliphatic heterocycles. The van der Waals surface area contributed by atoms with Crippen molar-refractivity contribution in [3.63, 3.8) is 0 Å². The van der Waals surface area contributed by atoms with E-state index in [0.717, 1.165) is 24.3 Å². The van der Waals surface area contributed by atoms with Crippen LogP contribution in [0.15, 0.2) is 24.3 Å². The maximum atomic E-state index is 12.4. The fraction of sp³-hybridized carbons (Fsp3) is 0.529. The lowest BCUT2D eigenvalue weighted by molar-refractivity contribution is -0.121. The molecule has 2 N–H and O–H groups in total. The van der Waals surface area contributed by atoms with Crippen molar-refractivity contribution in [2.75, 3.05) is 25.5 Å². The van der Waals surface area contributed by atoms with Crippen LogP contribution in [0.1, 0.15) is 26.7 Å². The van der Waals surface area contributed by atoms with Crippen LogP contribution in [0.4, 0.5) is 10.5 Å². The van der Waals surface area contributed by atoms with Crippen LogP contribution in [0.2, 0.25) is 0 Å². The topological polar surface area (TPSA) is 70.7 Å². The molecular formula is C17H25N3O3. The lowest BCUT2D eigenvalue weighted by Crippen LogP contribution is -2.49. The summed E-state index contributed by atoms with van der Waals surface area (Å²) in [5.41, 5.74) is 0.736. The van der Waals surface area contributed by atoms with Gasteiger partial charge in [-0.15, -0.1) is 0 Å². The van der Waals surface area contributed by atoms with Gasteiger partial charge in [-0.2, -0.15) is 0 Å². The summed E-state index contributed by atoms with van der Waals surface area (Å²) in [6, 6.07) is 7.22. The summed E-state index contributed by atoms with van der Waals surface area (Å²) in [7, 11) is 1.60. The molecule has 6 nitrogen and oxygen atoms in total. The Bertz CT molecular complexity index is 543. The van der Waals surface area contributed by atoms with E-state index in [9.17, 15) is 9.59 Å². The van der Waals surface area contributed by atoms with E-state index in [-0.39, 0.29) is 23.9 Å². The molecule has 1 aromatic rings. The van der Waals surface area contributed by atoms with Crippen LogP contribution >= 0.6 is 0 Å². The standard InChI is InChI=1S/C17H25N3O3/c1-12(2)18-17(22)20-10-4-5-13(11-20)16(21)19-14-6-8-15(23-3)9-7-14/h6-9,12-13H,4-5,10-11H2,1-3H3,(H,18,22)(H,19,21). The Hall–Kier alpha value is -2.24. The minimum atomic E-state index is -0.177. The molecule has 1 aliphatic rings. The van der Waals surface area contributed by atoms with Crippen molar-refractivity contribution in [1.29, 1.82) is 0 Å². The fourth-order valence-corrected chi connectivity index (χ4v) is 2.63. The normalized spacial score (nSPS) is 17.7. The Morgan fingerprint density at radius 1 is 1.26 bits per heavy atom. The van der Waals surface area contributed by atoms with E-state index in [2.05, 4.69) is 10.6 Å². The quantitative estimate of drug-likeness (QED) is 0.895. The van der Waals surface area contributed by atoms with Gasteiger partial charge in [0.05, 0.1) is 13.0 Å². The lowest BCUT2D eigenvalue weighted by Gasteiger charge is -2.32. The van der Waals surface area contributed by atoms with Gasteiger partial charge < -0.3 is 20.3 Å².